The summed E-state index contributed by atoms with van der Waals surface area (Å²) in [5.41, 5.74) is 7.33. The van der Waals surface area contributed by atoms with Crippen LogP contribution in [0.2, 0.25) is 0 Å². The van der Waals surface area contributed by atoms with Crippen LogP contribution >= 0.6 is 0 Å². The number of ether oxygens (including phenoxy) is 1. The van der Waals surface area contributed by atoms with E-state index in [0.717, 1.165) is 0 Å². The van der Waals surface area contributed by atoms with E-state index >= 15 is 0 Å². The van der Waals surface area contributed by atoms with E-state index in [1.807, 2.05) is 19.9 Å². The number of nitrogens with one attached hydrogen (secondary N) is 1. The summed E-state index contributed by atoms with van der Waals surface area (Å²) in [4.78, 5) is 0. The van der Waals surface area contributed by atoms with Crippen LogP contribution in [0.15, 0.2) is 36.4 Å². The summed E-state index contributed by atoms with van der Waals surface area (Å²) < 4.78 is 19.2. The lowest BCUT2D eigenvalue weighted by Gasteiger charge is -2.14. The van der Waals surface area contributed by atoms with Crippen LogP contribution in [0.3, 0.4) is 0 Å². The highest BCUT2D eigenvalue weighted by Crippen LogP contribution is 2.28. The number of nitrogens with zero attached hydrogens (tertiary/aromatic N) is 1. The topological polar surface area (TPSA) is 71.1 Å². The molecule has 0 aliphatic rings. The minimum absolute atomic E-state index is 0.0171. The lowest BCUT2D eigenvalue weighted by atomic mass is 10.1. The number of hydrogen-bond acceptors (Lipinski definition) is 4. The van der Waals surface area contributed by atoms with Gasteiger partial charge in [-0.05, 0) is 32.0 Å². The smallest absolute Gasteiger partial charge is 0.143 e. The van der Waals surface area contributed by atoms with Gasteiger partial charge in [-0.1, -0.05) is 6.07 Å². The molecule has 0 atom stereocenters. The van der Waals surface area contributed by atoms with Gasteiger partial charge in [0.25, 0.3) is 0 Å². The van der Waals surface area contributed by atoms with Crippen molar-refractivity contribution in [2.75, 3.05) is 11.1 Å². The summed E-state index contributed by atoms with van der Waals surface area (Å²) in [6.45, 7) is 3.83. The van der Waals surface area contributed by atoms with Crippen LogP contribution in [-0.4, -0.2) is 6.10 Å². The number of hydrogen-bond donors (Lipinski definition) is 2. The van der Waals surface area contributed by atoms with Crippen molar-refractivity contribution in [3.63, 3.8) is 0 Å². The molecule has 2 rings (SSSR count). The molecular formula is C16H16FN3O. The molecule has 0 aliphatic carbocycles. The van der Waals surface area contributed by atoms with Gasteiger partial charge in [0.05, 0.1) is 11.8 Å². The molecule has 5 heteroatoms. The van der Waals surface area contributed by atoms with Crippen molar-refractivity contribution in [2.45, 2.75) is 20.0 Å². The van der Waals surface area contributed by atoms with Gasteiger partial charge in [0, 0.05) is 23.5 Å². The van der Waals surface area contributed by atoms with Crippen LogP contribution in [0.1, 0.15) is 19.4 Å². The Balaban J connectivity index is 2.34. The highest BCUT2D eigenvalue weighted by molar-refractivity contribution is 5.70. The fraction of sp³-hybridized carbons (Fsp3) is 0.188. The molecule has 0 spiro atoms. The molecule has 0 fully saturated rings. The summed E-state index contributed by atoms with van der Waals surface area (Å²) in [5.74, 6) is 0.0486. The molecule has 0 bridgehead atoms. The van der Waals surface area contributed by atoms with E-state index in [1.165, 1.54) is 12.1 Å². The number of benzene rings is 2. The highest BCUT2D eigenvalue weighted by Gasteiger charge is 2.09. The molecule has 3 N–H and O–H groups in total. The molecule has 21 heavy (non-hydrogen) atoms. The number of nitrogen functional groups attached to an aromatic ring is 1. The first kappa shape index (κ1) is 14.7. The van der Waals surface area contributed by atoms with Gasteiger partial charge in [0.15, 0.2) is 0 Å². The lowest BCUT2D eigenvalue weighted by Crippen LogP contribution is -2.06. The SMILES string of the molecule is CC(C)Oc1cc(N)cc(Nc2cccc(F)c2C#N)c1. The standard InChI is InChI=1S/C16H16FN3O/c1-10(2)21-13-7-11(19)6-12(8-13)20-16-5-3-4-15(17)14(16)9-18/h3-8,10,20H,19H2,1-2H3. The third-order valence-corrected chi connectivity index (χ3v) is 2.71. The highest BCUT2D eigenvalue weighted by atomic mass is 19.1. The van der Waals surface area contributed by atoms with Gasteiger partial charge in [-0.2, -0.15) is 5.26 Å². The van der Waals surface area contributed by atoms with E-state index in [1.54, 1.807) is 24.3 Å². The summed E-state index contributed by atoms with van der Waals surface area (Å²) in [6.07, 6.45) is 0.0171. The molecule has 0 heterocycles. The Bertz CT molecular complexity index is 692. The van der Waals surface area contributed by atoms with E-state index in [9.17, 15) is 4.39 Å². The number of rotatable bonds is 4. The van der Waals surface area contributed by atoms with E-state index < -0.39 is 5.82 Å². The van der Waals surface area contributed by atoms with Gasteiger partial charge in [-0.15, -0.1) is 0 Å². The molecule has 108 valence electrons. The number of nitriles is 1. The monoisotopic (exact) mass is 285 g/mol. The maximum Gasteiger partial charge on any atom is 0.143 e. The molecule has 0 saturated carbocycles. The maximum absolute atomic E-state index is 13.6. The van der Waals surface area contributed by atoms with Crippen LogP contribution in [0.25, 0.3) is 0 Å². The van der Waals surface area contributed by atoms with Crippen LogP contribution < -0.4 is 15.8 Å². The Morgan fingerprint density at radius 1 is 1.29 bits per heavy atom. The van der Waals surface area contributed by atoms with Gasteiger partial charge in [0.2, 0.25) is 0 Å². The Kier molecular flexibility index (Phi) is 4.29. The Hall–Kier alpha value is -2.74. The van der Waals surface area contributed by atoms with Gasteiger partial charge in [0.1, 0.15) is 23.2 Å². The molecule has 0 aliphatic heterocycles. The summed E-state index contributed by atoms with van der Waals surface area (Å²) in [6, 6.07) is 11.4. The second-order valence-corrected chi connectivity index (χ2v) is 4.86. The molecule has 0 unspecified atom stereocenters. The molecule has 0 aromatic heterocycles. The molecule has 0 amide bonds. The zero-order valence-electron chi connectivity index (χ0n) is 11.9. The average Bonchev–Trinajstić information content (AvgIpc) is 2.37. The minimum Gasteiger partial charge on any atom is -0.491 e. The molecule has 2 aromatic rings. The summed E-state index contributed by atoms with van der Waals surface area (Å²) >= 11 is 0. The zero-order chi connectivity index (χ0) is 15.4. The Morgan fingerprint density at radius 3 is 2.71 bits per heavy atom. The van der Waals surface area contributed by atoms with Crippen LogP contribution in [0.4, 0.5) is 21.5 Å². The maximum atomic E-state index is 13.6. The van der Waals surface area contributed by atoms with Crippen molar-refractivity contribution >= 4 is 17.1 Å². The summed E-state index contributed by atoms with van der Waals surface area (Å²) in [7, 11) is 0. The van der Waals surface area contributed by atoms with Crippen LogP contribution in [0.5, 0.6) is 5.75 Å². The number of nitrogens with two attached hydrogens (primary N) is 1. The third-order valence-electron chi connectivity index (χ3n) is 2.71. The average molecular weight is 285 g/mol. The molecular weight excluding hydrogens is 269 g/mol. The lowest BCUT2D eigenvalue weighted by molar-refractivity contribution is 0.242. The van der Waals surface area contributed by atoms with E-state index in [4.69, 9.17) is 15.7 Å². The first-order valence-electron chi connectivity index (χ1n) is 6.52. The third kappa shape index (κ3) is 3.63. The van der Waals surface area contributed by atoms with E-state index in [-0.39, 0.29) is 11.7 Å². The van der Waals surface area contributed by atoms with E-state index in [2.05, 4.69) is 5.32 Å². The predicted molar refractivity (Wildman–Crippen MR) is 81.0 cm³/mol. The van der Waals surface area contributed by atoms with Gasteiger partial charge in [-0.25, -0.2) is 4.39 Å². The largest absolute Gasteiger partial charge is 0.491 e. The van der Waals surface area contributed by atoms with Crippen LogP contribution in [-0.2, 0) is 0 Å². The first-order valence-corrected chi connectivity index (χ1v) is 6.52. The molecule has 2 aromatic carbocycles. The predicted octanol–water partition coefficient (Wildman–Crippen LogP) is 3.81. The van der Waals surface area contributed by atoms with Crippen molar-refractivity contribution < 1.29 is 9.13 Å². The summed E-state index contributed by atoms with van der Waals surface area (Å²) in [5, 5.41) is 12.0. The van der Waals surface area contributed by atoms with E-state index in [0.29, 0.717) is 22.8 Å². The zero-order valence-corrected chi connectivity index (χ0v) is 11.9. The second kappa shape index (κ2) is 6.14. The fourth-order valence-electron chi connectivity index (χ4n) is 1.93. The second-order valence-electron chi connectivity index (χ2n) is 4.86. The van der Waals surface area contributed by atoms with Gasteiger partial charge < -0.3 is 15.8 Å². The Morgan fingerprint density at radius 2 is 2.05 bits per heavy atom. The Labute approximate surface area is 123 Å². The van der Waals surface area contributed by atoms with Crippen molar-refractivity contribution in [1.82, 2.24) is 0 Å². The van der Waals surface area contributed by atoms with Crippen LogP contribution in [0, 0.1) is 17.1 Å². The van der Waals surface area contributed by atoms with Gasteiger partial charge >= 0.3 is 0 Å². The normalized spacial score (nSPS) is 10.2. The molecule has 4 nitrogen and oxygen atoms in total. The fourth-order valence-corrected chi connectivity index (χ4v) is 1.93. The van der Waals surface area contributed by atoms with Gasteiger partial charge in [-0.3, -0.25) is 0 Å². The molecule has 0 saturated heterocycles. The van der Waals surface area contributed by atoms with Crippen molar-refractivity contribution in [2.24, 2.45) is 0 Å². The number of anilines is 3. The number of halogens is 1. The molecule has 0 radical (unpaired) electrons. The van der Waals surface area contributed by atoms with Crippen molar-refractivity contribution in [3.05, 3.63) is 47.8 Å². The quantitative estimate of drug-likeness (QED) is 0.838. The minimum atomic E-state index is -0.565. The first-order chi connectivity index (χ1) is 9.99. The van der Waals surface area contributed by atoms with Crippen molar-refractivity contribution in [1.29, 1.82) is 5.26 Å². The van der Waals surface area contributed by atoms with Crippen molar-refractivity contribution in [3.8, 4) is 11.8 Å².